The van der Waals surface area contributed by atoms with Crippen molar-refractivity contribution in [3.63, 3.8) is 0 Å². The number of nitrogens with one attached hydrogen (secondary N) is 5. The predicted molar refractivity (Wildman–Crippen MR) is 170 cm³/mol. The average Bonchev–Trinajstić information content (AvgIpc) is 2.99. The molecule has 6 amide bonds. The first-order valence-corrected chi connectivity index (χ1v) is 15.0. The van der Waals surface area contributed by atoms with E-state index < -0.39 is 71.7 Å². The van der Waals surface area contributed by atoms with Gasteiger partial charge in [-0.3, -0.25) is 28.8 Å². The minimum Gasteiger partial charge on any atom is -0.368 e. The number of benzene rings is 2. The Morgan fingerprint density at radius 1 is 0.644 bits per heavy atom. The van der Waals surface area contributed by atoms with Crippen LogP contribution in [0.15, 0.2) is 42.5 Å². The Hall–Kier alpha value is -4.56. The first-order valence-electron chi connectivity index (χ1n) is 15.0. The molecule has 6 atom stereocenters. The molecule has 2 aromatic rings. The van der Waals surface area contributed by atoms with E-state index >= 15 is 0 Å². The molecule has 0 heterocycles. The molecule has 0 fully saturated rings. The van der Waals surface area contributed by atoms with Crippen molar-refractivity contribution in [1.29, 1.82) is 0 Å². The SMILES string of the molecule is C[C@H](NC(=O)[C@H](C)NC(=O)[C@@H](Cc1ccc2ccccc2c1)NC(=O)[C@@H](C)N)C(=O)N[C@H](C)C(=O)N[C@@H](CCCCN)C(N)=O. The predicted octanol–water partition coefficient (Wildman–Crippen LogP) is -1.17. The molecule has 0 aromatic heterocycles. The van der Waals surface area contributed by atoms with Crippen LogP contribution in [0.25, 0.3) is 10.8 Å². The zero-order chi connectivity index (χ0) is 33.7. The molecular weight excluding hydrogens is 580 g/mol. The van der Waals surface area contributed by atoms with Gasteiger partial charge in [0.25, 0.3) is 0 Å². The second kappa shape index (κ2) is 17.7. The van der Waals surface area contributed by atoms with Gasteiger partial charge in [0, 0.05) is 6.42 Å². The number of rotatable bonds is 17. The topological polar surface area (TPSA) is 241 Å². The van der Waals surface area contributed by atoms with Crippen molar-refractivity contribution in [1.82, 2.24) is 26.6 Å². The lowest BCUT2D eigenvalue weighted by atomic mass is 10.0. The van der Waals surface area contributed by atoms with Gasteiger partial charge in [0.2, 0.25) is 35.4 Å². The second-order valence-electron chi connectivity index (χ2n) is 11.2. The second-order valence-corrected chi connectivity index (χ2v) is 11.2. The monoisotopic (exact) mass is 626 g/mol. The summed E-state index contributed by atoms with van der Waals surface area (Å²) in [5.41, 5.74) is 17.3. The minimum atomic E-state index is -1.08. The number of carbonyl (C=O) groups excluding carboxylic acids is 6. The summed E-state index contributed by atoms with van der Waals surface area (Å²) in [6, 6.07) is 7.42. The quantitative estimate of drug-likeness (QED) is 0.0992. The highest BCUT2D eigenvalue weighted by molar-refractivity contribution is 5.96. The van der Waals surface area contributed by atoms with E-state index in [1.165, 1.54) is 27.7 Å². The Labute approximate surface area is 263 Å². The zero-order valence-corrected chi connectivity index (χ0v) is 26.2. The molecule has 2 aromatic carbocycles. The van der Waals surface area contributed by atoms with Crippen LogP contribution in [0.2, 0.25) is 0 Å². The fourth-order valence-corrected chi connectivity index (χ4v) is 4.38. The molecule has 0 spiro atoms. The number of fused-ring (bicyclic) bond motifs is 1. The summed E-state index contributed by atoms with van der Waals surface area (Å²) in [4.78, 5) is 75.4. The molecule has 0 saturated carbocycles. The van der Waals surface area contributed by atoms with Crippen molar-refractivity contribution in [2.24, 2.45) is 17.2 Å². The fraction of sp³-hybridized carbons (Fsp3) is 0.484. The molecule has 0 unspecified atom stereocenters. The number of hydrogen-bond acceptors (Lipinski definition) is 8. The van der Waals surface area contributed by atoms with Gasteiger partial charge in [-0.25, -0.2) is 0 Å². The van der Waals surface area contributed by atoms with E-state index in [1.807, 2.05) is 42.5 Å². The third-order valence-corrected chi connectivity index (χ3v) is 7.16. The number of unbranched alkanes of at least 4 members (excludes halogenated alkanes) is 1. The van der Waals surface area contributed by atoms with E-state index in [0.717, 1.165) is 16.3 Å². The average molecular weight is 627 g/mol. The van der Waals surface area contributed by atoms with Crippen LogP contribution in [-0.4, -0.2) is 78.2 Å². The lowest BCUT2D eigenvalue weighted by Gasteiger charge is -2.24. The number of amides is 6. The molecule has 246 valence electrons. The van der Waals surface area contributed by atoms with Crippen LogP contribution in [-0.2, 0) is 35.2 Å². The van der Waals surface area contributed by atoms with Crippen molar-refractivity contribution < 1.29 is 28.8 Å². The van der Waals surface area contributed by atoms with Crippen LogP contribution in [0.1, 0.15) is 52.5 Å². The first-order chi connectivity index (χ1) is 21.2. The molecule has 0 radical (unpaired) electrons. The Morgan fingerprint density at radius 2 is 1.16 bits per heavy atom. The van der Waals surface area contributed by atoms with Gasteiger partial charge in [-0.15, -0.1) is 0 Å². The van der Waals surface area contributed by atoms with Gasteiger partial charge in [-0.05, 0) is 69.8 Å². The van der Waals surface area contributed by atoms with Crippen LogP contribution in [0.4, 0.5) is 0 Å². The van der Waals surface area contributed by atoms with E-state index in [0.29, 0.717) is 25.8 Å². The summed E-state index contributed by atoms with van der Waals surface area (Å²) in [5, 5.41) is 14.7. The third kappa shape index (κ3) is 11.8. The number of primary amides is 1. The Morgan fingerprint density at radius 3 is 1.69 bits per heavy atom. The summed E-state index contributed by atoms with van der Waals surface area (Å²) < 4.78 is 0. The molecule has 11 N–H and O–H groups in total. The molecule has 14 nitrogen and oxygen atoms in total. The third-order valence-electron chi connectivity index (χ3n) is 7.16. The molecule has 0 aliphatic heterocycles. The van der Waals surface area contributed by atoms with Crippen LogP contribution < -0.4 is 43.8 Å². The van der Waals surface area contributed by atoms with Crippen LogP contribution >= 0.6 is 0 Å². The normalized spacial score (nSPS) is 15.0. The van der Waals surface area contributed by atoms with E-state index in [4.69, 9.17) is 17.2 Å². The molecule has 0 aliphatic rings. The molecule has 0 saturated heterocycles. The summed E-state index contributed by atoms with van der Waals surface area (Å²) in [6.45, 7) is 6.20. The highest BCUT2D eigenvalue weighted by Gasteiger charge is 2.28. The molecule has 0 bridgehead atoms. The molecule has 14 heteroatoms. The molecule has 45 heavy (non-hydrogen) atoms. The zero-order valence-electron chi connectivity index (χ0n) is 26.2. The highest BCUT2D eigenvalue weighted by Crippen LogP contribution is 2.17. The minimum absolute atomic E-state index is 0.145. The number of hydrogen-bond donors (Lipinski definition) is 8. The van der Waals surface area contributed by atoms with E-state index in [9.17, 15) is 28.8 Å². The Kier molecular flexibility index (Phi) is 14.4. The summed E-state index contributed by atoms with van der Waals surface area (Å²) in [7, 11) is 0. The number of nitrogens with two attached hydrogens (primary N) is 3. The van der Waals surface area contributed by atoms with Gasteiger partial charge in [-0.1, -0.05) is 42.5 Å². The van der Waals surface area contributed by atoms with Crippen molar-refractivity contribution in [2.75, 3.05) is 6.54 Å². The molecule has 2 rings (SSSR count). The lowest BCUT2D eigenvalue weighted by molar-refractivity contribution is -0.134. The van der Waals surface area contributed by atoms with Crippen LogP contribution in [0.3, 0.4) is 0 Å². The van der Waals surface area contributed by atoms with Crippen molar-refractivity contribution >= 4 is 46.2 Å². The van der Waals surface area contributed by atoms with Crippen LogP contribution in [0.5, 0.6) is 0 Å². The molecule has 0 aliphatic carbocycles. The van der Waals surface area contributed by atoms with E-state index in [1.54, 1.807) is 0 Å². The maximum Gasteiger partial charge on any atom is 0.243 e. The number of carbonyl (C=O) groups is 6. The fourth-order valence-electron chi connectivity index (χ4n) is 4.38. The van der Waals surface area contributed by atoms with E-state index in [2.05, 4.69) is 26.6 Å². The van der Waals surface area contributed by atoms with Gasteiger partial charge in [0.1, 0.15) is 30.2 Å². The lowest BCUT2D eigenvalue weighted by Crippen LogP contribution is -2.58. The van der Waals surface area contributed by atoms with Crippen molar-refractivity contribution in [3.8, 4) is 0 Å². The van der Waals surface area contributed by atoms with Gasteiger partial charge in [0.15, 0.2) is 0 Å². The molecular formula is C31H46N8O6. The van der Waals surface area contributed by atoms with E-state index in [-0.39, 0.29) is 6.42 Å². The smallest absolute Gasteiger partial charge is 0.243 e. The van der Waals surface area contributed by atoms with Gasteiger partial charge in [0.05, 0.1) is 6.04 Å². The maximum atomic E-state index is 13.2. The van der Waals surface area contributed by atoms with Crippen molar-refractivity contribution in [3.05, 3.63) is 48.0 Å². The Bertz CT molecular complexity index is 1370. The highest BCUT2D eigenvalue weighted by atomic mass is 16.2. The summed E-state index contributed by atoms with van der Waals surface area (Å²) >= 11 is 0. The summed E-state index contributed by atoms with van der Waals surface area (Å²) in [6.07, 6.45) is 1.71. The largest absolute Gasteiger partial charge is 0.368 e. The first kappa shape index (κ1) is 36.6. The van der Waals surface area contributed by atoms with Gasteiger partial charge < -0.3 is 43.8 Å². The summed E-state index contributed by atoms with van der Waals surface area (Å²) in [5.74, 6) is -3.80. The van der Waals surface area contributed by atoms with Gasteiger partial charge >= 0.3 is 0 Å². The van der Waals surface area contributed by atoms with Crippen molar-refractivity contribution in [2.45, 2.75) is 89.6 Å². The standard InChI is InChI=1S/C31H46N8O6/c1-17(33)27(41)39-25(16-21-12-13-22-9-5-6-10-23(22)15-21)31(45)37-19(3)29(43)35-18(2)28(42)36-20(4)30(44)38-24(26(34)40)11-7-8-14-32/h5-6,9-10,12-13,15,17-20,24-25H,7-8,11,14,16,32-33H2,1-4H3,(H2,34,40)(H,35,43)(H,36,42)(H,37,45)(H,38,44)(H,39,41)/t17-,18+,19+,20-,24+,25-/m1/s1. The Balaban J connectivity index is 1.98. The van der Waals surface area contributed by atoms with Gasteiger partial charge in [-0.2, -0.15) is 0 Å². The van der Waals surface area contributed by atoms with Crippen LogP contribution in [0, 0.1) is 0 Å². The maximum absolute atomic E-state index is 13.2.